The second-order valence-corrected chi connectivity index (χ2v) is 7.44. The highest BCUT2D eigenvalue weighted by molar-refractivity contribution is 7.89. The Morgan fingerprint density at radius 3 is 2.38 bits per heavy atom. The van der Waals surface area contributed by atoms with E-state index >= 15 is 0 Å². The normalized spacial score (nSPS) is 12.4. The van der Waals surface area contributed by atoms with Crippen molar-refractivity contribution in [3.8, 4) is 0 Å². The lowest BCUT2D eigenvalue weighted by atomic mass is 10.2. The van der Waals surface area contributed by atoms with Crippen LogP contribution < -0.4 is 5.32 Å². The van der Waals surface area contributed by atoms with Gasteiger partial charge in [-0.15, -0.1) is 0 Å². The maximum Gasteiger partial charge on any atom is 0.411 e. The number of alkyl halides is 3. The number of aryl methyl sites for hydroxylation is 1. The maximum atomic E-state index is 12.6. The van der Waals surface area contributed by atoms with Crippen molar-refractivity contribution in [2.45, 2.75) is 38.3 Å². The van der Waals surface area contributed by atoms with Gasteiger partial charge in [-0.3, -0.25) is 4.79 Å². The van der Waals surface area contributed by atoms with Crippen molar-refractivity contribution in [1.82, 2.24) is 4.31 Å². The van der Waals surface area contributed by atoms with E-state index in [1.807, 2.05) is 0 Å². The molecule has 26 heavy (non-hydrogen) atoms. The Hall–Kier alpha value is -1.65. The van der Waals surface area contributed by atoms with Crippen LogP contribution in [0.1, 0.15) is 25.8 Å². The molecule has 1 N–H and O–H groups in total. The van der Waals surface area contributed by atoms with E-state index in [1.165, 1.54) is 16.4 Å². The first-order valence-corrected chi connectivity index (χ1v) is 9.50. The second-order valence-electron chi connectivity index (χ2n) is 5.54. The number of sulfonamides is 1. The third-order valence-corrected chi connectivity index (χ3v) is 5.73. The molecule has 0 saturated heterocycles. The van der Waals surface area contributed by atoms with E-state index in [0.717, 1.165) is 0 Å². The Bertz CT molecular complexity index is 717. The molecule has 1 rings (SSSR count). The first-order chi connectivity index (χ1) is 12.0. The lowest BCUT2D eigenvalue weighted by Crippen LogP contribution is -2.31. The van der Waals surface area contributed by atoms with Crippen molar-refractivity contribution in [2.75, 3.05) is 31.6 Å². The fraction of sp³-hybridized carbons (Fsp3) is 0.562. The summed E-state index contributed by atoms with van der Waals surface area (Å²) < 4.78 is 66.8. The fourth-order valence-electron chi connectivity index (χ4n) is 2.23. The van der Waals surface area contributed by atoms with Crippen LogP contribution in [0.2, 0.25) is 0 Å². The minimum absolute atomic E-state index is 0.0762. The quantitative estimate of drug-likeness (QED) is 0.651. The van der Waals surface area contributed by atoms with Crippen LogP contribution in [0.4, 0.5) is 18.9 Å². The molecule has 0 aliphatic rings. The number of hydrogen-bond donors (Lipinski definition) is 1. The Morgan fingerprint density at radius 2 is 1.85 bits per heavy atom. The molecule has 0 fully saturated rings. The Morgan fingerprint density at radius 1 is 1.23 bits per heavy atom. The number of nitrogens with one attached hydrogen (secondary N) is 1. The highest BCUT2D eigenvalue weighted by Crippen LogP contribution is 2.23. The highest BCUT2D eigenvalue weighted by atomic mass is 32.2. The lowest BCUT2D eigenvalue weighted by Gasteiger charge is -2.20. The van der Waals surface area contributed by atoms with Gasteiger partial charge in [-0.1, -0.05) is 19.9 Å². The topological polar surface area (TPSA) is 75.7 Å². The Balaban J connectivity index is 2.80. The number of carbonyl (C=O) groups is 1. The van der Waals surface area contributed by atoms with Gasteiger partial charge in [-0.05, 0) is 24.6 Å². The van der Waals surface area contributed by atoms with Gasteiger partial charge in [0.05, 0.1) is 17.9 Å². The number of ether oxygens (including phenoxy) is 1. The van der Waals surface area contributed by atoms with E-state index in [9.17, 15) is 26.4 Å². The molecular weight excluding hydrogens is 373 g/mol. The average Bonchev–Trinajstić information content (AvgIpc) is 2.53. The standard InChI is InChI=1S/C16H23F3N2O4S/c1-4-21(5-2)26(23,24)14-10-13(7-6-12(14)3)20-15(22)8-9-25-11-16(17,18)19/h6-7,10H,4-5,8-9,11H2,1-3H3,(H,20,22). The molecule has 0 aliphatic heterocycles. The molecule has 0 saturated carbocycles. The first kappa shape index (κ1) is 22.4. The van der Waals surface area contributed by atoms with Crippen LogP contribution in [0.5, 0.6) is 0 Å². The third-order valence-electron chi connectivity index (χ3n) is 3.53. The predicted molar refractivity (Wildman–Crippen MR) is 91.4 cm³/mol. The zero-order valence-corrected chi connectivity index (χ0v) is 15.7. The number of rotatable bonds is 9. The molecule has 1 aromatic rings. The molecule has 0 spiro atoms. The highest BCUT2D eigenvalue weighted by Gasteiger charge is 2.27. The molecule has 0 radical (unpaired) electrons. The van der Waals surface area contributed by atoms with Crippen LogP contribution in [0.15, 0.2) is 23.1 Å². The second kappa shape index (κ2) is 9.33. The van der Waals surface area contributed by atoms with E-state index in [0.29, 0.717) is 18.7 Å². The van der Waals surface area contributed by atoms with Gasteiger partial charge in [0, 0.05) is 18.8 Å². The van der Waals surface area contributed by atoms with Crippen molar-refractivity contribution in [1.29, 1.82) is 0 Å². The molecule has 0 bridgehead atoms. The van der Waals surface area contributed by atoms with Gasteiger partial charge in [0.1, 0.15) is 6.61 Å². The van der Waals surface area contributed by atoms with Crippen LogP contribution in [0, 0.1) is 6.92 Å². The third kappa shape index (κ3) is 6.58. The van der Waals surface area contributed by atoms with Crippen LogP contribution >= 0.6 is 0 Å². The molecule has 1 amide bonds. The van der Waals surface area contributed by atoms with Gasteiger partial charge < -0.3 is 10.1 Å². The molecule has 148 valence electrons. The number of carbonyl (C=O) groups excluding carboxylic acids is 1. The number of benzene rings is 1. The predicted octanol–water partition coefficient (Wildman–Crippen LogP) is 2.93. The molecule has 1 aromatic carbocycles. The molecule has 10 heteroatoms. The minimum atomic E-state index is -4.44. The first-order valence-electron chi connectivity index (χ1n) is 8.06. The van der Waals surface area contributed by atoms with E-state index in [-0.39, 0.29) is 23.6 Å². The summed E-state index contributed by atoms with van der Waals surface area (Å²) >= 11 is 0. The monoisotopic (exact) mass is 396 g/mol. The van der Waals surface area contributed by atoms with Gasteiger partial charge in [0.15, 0.2) is 0 Å². The number of amides is 1. The number of anilines is 1. The summed E-state index contributed by atoms with van der Waals surface area (Å²) in [4.78, 5) is 11.9. The van der Waals surface area contributed by atoms with Crippen LogP contribution in [-0.4, -0.2) is 51.1 Å². The van der Waals surface area contributed by atoms with Crippen molar-refractivity contribution in [3.63, 3.8) is 0 Å². The SMILES string of the molecule is CCN(CC)S(=O)(=O)c1cc(NC(=O)CCOCC(F)(F)F)ccc1C. The zero-order chi connectivity index (χ0) is 20.0. The van der Waals surface area contributed by atoms with Crippen molar-refractivity contribution < 1.29 is 31.1 Å². The van der Waals surface area contributed by atoms with Gasteiger partial charge in [0.2, 0.25) is 15.9 Å². The van der Waals surface area contributed by atoms with Crippen molar-refractivity contribution >= 4 is 21.6 Å². The minimum Gasteiger partial charge on any atom is -0.372 e. The zero-order valence-electron chi connectivity index (χ0n) is 14.9. The lowest BCUT2D eigenvalue weighted by molar-refractivity contribution is -0.174. The average molecular weight is 396 g/mol. The summed E-state index contributed by atoms with van der Waals surface area (Å²) in [6.45, 7) is 3.91. The summed E-state index contributed by atoms with van der Waals surface area (Å²) in [6.07, 6.45) is -4.72. The van der Waals surface area contributed by atoms with Crippen LogP contribution in [0.3, 0.4) is 0 Å². The fourth-order valence-corrected chi connectivity index (χ4v) is 3.94. The maximum absolute atomic E-state index is 12.6. The van der Waals surface area contributed by atoms with Crippen molar-refractivity contribution in [2.24, 2.45) is 0 Å². The summed E-state index contributed by atoms with van der Waals surface area (Å²) in [5.74, 6) is -0.567. The molecule has 0 aromatic heterocycles. The van der Waals surface area contributed by atoms with Crippen LogP contribution in [0.25, 0.3) is 0 Å². The summed E-state index contributed by atoms with van der Waals surface area (Å²) in [6, 6.07) is 4.44. The van der Waals surface area contributed by atoms with Crippen LogP contribution in [-0.2, 0) is 19.6 Å². The molecule has 0 unspecified atom stereocenters. The van der Waals surface area contributed by atoms with Gasteiger partial charge in [0.25, 0.3) is 0 Å². The molecule has 6 nitrogen and oxygen atoms in total. The summed E-state index contributed by atoms with van der Waals surface area (Å²) in [7, 11) is -3.70. The van der Waals surface area contributed by atoms with Gasteiger partial charge in [-0.25, -0.2) is 8.42 Å². The van der Waals surface area contributed by atoms with E-state index in [2.05, 4.69) is 10.1 Å². The van der Waals surface area contributed by atoms with Crippen molar-refractivity contribution in [3.05, 3.63) is 23.8 Å². The molecule has 0 atom stereocenters. The smallest absolute Gasteiger partial charge is 0.372 e. The summed E-state index contributed by atoms with van der Waals surface area (Å²) in [5, 5.41) is 2.47. The van der Waals surface area contributed by atoms with E-state index in [4.69, 9.17) is 0 Å². The van der Waals surface area contributed by atoms with Gasteiger partial charge in [-0.2, -0.15) is 17.5 Å². The largest absolute Gasteiger partial charge is 0.411 e. The van der Waals surface area contributed by atoms with E-state index in [1.54, 1.807) is 26.8 Å². The molecule has 0 heterocycles. The van der Waals surface area contributed by atoms with E-state index < -0.39 is 28.7 Å². The number of hydrogen-bond acceptors (Lipinski definition) is 4. The number of halogens is 3. The Labute approximate surface area is 151 Å². The molecular formula is C16H23F3N2O4S. The van der Waals surface area contributed by atoms with Gasteiger partial charge >= 0.3 is 6.18 Å². The Kier molecular flexibility index (Phi) is 8.04. The number of nitrogens with zero attached hydrogens (tertiary/aromatic N) is 1. The summed E-state index contributed by atoms with van der Waals surface area (Å²) in [5.41, 5.74) is 0.783. The molecule has 0 aliphatic carbocycles.